The fourth-order valence-corrected chi connectivity index (χ4v) is 7.64. The van der Waals surface area contributed by atoms with Crippen LogP contribution in [-0.2, 0) is 0 Å². The van der Waals surface area contributed by atoms with Crippen LogP contribution in [0.3, 0.4) is 0 Å². The van der Waals surface area contributed by atoms with Crippen molar-refractivity contribution in [3.63, 3.8) is 0 Å². The number of benzene rings is 1. The van der Waals surface area contributed by atoms with Gasteiger partial charge in [-0.15, -0.1) is 0 Å². The highest BCUT2D eigenvalue weighted by molar-refractivity contribution is 5.30. The molecule has 37 heavy (non-hydrogen) atoms. The van der Waals surface area contributed by atoms with Gasteiger partial charge in [0.15, 0.2) is 0 Å². The summed E-state index contributed by atoms with van der Waals surface area (Å²) in [7, 11) is 0. The van der Waals surface area contributed by atoms with Crippen LogP contribution in [0.15, 0.2) is 30.1 Å². The van der Waals surface area contributed by atoms with Gasteiger partial charge in [0.2, 0.25) is 0 Å². The monoisotopic (exact) mass is 524 g/mol. The predicted octanol–water partition coefficient (Wildman–Crippen LogP) is 11.2. The second kappa shape index (κ2) is 13.1. The maximum absolute atomic E-state index is 15.2. The molecule has 0 amide bonds. The predicted molar refractivity (Wildman–Crippen MR) is 141 cm³/mol. The Morgan fingerprint density at radius 1 is 0.811 bits per heavy atom. The Morgan fingerprint density at radius 2 is 1.41 bits per heavy atom. The third-order valence-corrected chi connectivity index (χ3v) is 9.90. The molecular weight excluding hydrogens is 479 g/mol. The molecule has 0 saturated heterocycles. The van der Waals surface area contributed by atoms with Crippen molar-refractivity contribution in [3.05, 3.63) is 47.0 Å². The zero-order chi connectivity index (χ0) is 26.4. The van der Waals surface area contributed by atoms with E-state index in [1.807, 2.05) is 12.1 Å². The lowest BCUT2D eigenvalue weighted by Crippen LogP contribution is -2.26. The quantitative estimate of drug-likeness (QED) is 0.234. The van der Waals surface area contributed by atoms with Crippen molar-refractivity contribution in [2.75, 3.05) is 0 Å². The minimum atomic E-state index is -4.58. The first-order chi connectivity index (χ1) is 17.7. The van der Waals surface area contributed by atoms with Crippen molar-refractivity contribution < 1.29 is 22.0 Å². The lowest BCUT2D eigenvalue weighted by atomic mass is 9.68. The minimum absolute atomic E-state index is 0.0431. The SMILES string of the molecule is CCCCCC1CCC(c2ccc(C3CCC(C4CCC(/C(F)=C/C(F)(F)F)CC4)CC3)c(F)c2)CC1. The van der Waals surface area contributed by atoms with Gasteiger partial charge in [0, 0.05) is 5.92 Å². The number of halogens is 5. The molecule has 0 radical (unpaired) electrons. The lowest BCUT2D eigenvalue weighted by Gasteiger charge is -2.38. The van der Waals surface area contributed by atoms with Crippen LogP contribution in [0.1, 0.15) is 133 Å². The van der Waals surface area contributed by atoms with Crippen LogP contribution in [0.2, 0.25) is 0 Å². The zero-order valence-corrected chi connectivity index (χ0v) is 22.5. The third-order valence-electron chi connectivity index (χ3n) is 9.90. The molecule has 208 valence electrons. The molecule has 0 atom stereocenters. The van der Waals surface area contributed by atoms with E-state index in [1.165, 1.54) is 56.9 Å². The summed E-state index contributed by atoms with van der Waals surface area (Å²) in [6.45, 7) is 2.25. The van der Waals surface area contributed by atoms with E-state index in [4.69, 9.17) is 0 Å². The highest BCUT2D eigenvalue weighted by Crippen LogP contribution is 2.46. The van der Waals surface area contributed by atoms with Crippen molar-refractivity contribution >= 4 is 0 Å². The largest absolute Gasteiger partial charge is 0.412 e. The molecule has 1 aromatic rings. The minimum Gasteiger partial charge on any atom is -0.212 e. The van der Waals surface area contributed by atoms with Gasteiger partial charge in [-0.1, -0.05) is 44.7 Å². The molecule has 3 saturated carbocycles. The van der Waals surface area contributed by atoms with Crippen molar-refractivity contribution in [1.29, 1.82) is 0 Å². The Balaban J connectivity index is 1.23. The second-order valence-electron chi connectivity index (χ2n) is 12.3. The van der Waals surface area contributed by atoms with Crippen LogP contribution in [0.5, 0.6) is 0 Å². The fourth-order valence-electron chi connectivity index (χ4n) is 7.64. The highest BCUT2D eigenvalue weighted by atomic mass is 19.4. The summed E-state index contributed by atoms with van der Waals surface area (Å²) in [6.07, 6.45) is 12.0. The van der Waals surface area contributed by atoms with Crippen molar-refractivity contribution in [2.45, 2.75) is 128 Å². The number of unbranched alkanes of at least 4 members (excludes halogenated alkanes) is 2. The Hall–Kier alpha value is -1.39. The molecule has 3 fully saturated rings. The molecule has 1 aromatic carbocycles. The number of rotatable bonds is 8. The van der Waals surface area contributed by atoms with Crippen LogP contribution < -0.4 is 0 Å². The summed E-state index contributed by atoms with van der Waals surface area (Å²) >= 11 is 0. The maximum Gasteiger partial charge on any atom is 0.412 e. The Labute approximate surface area is 220 Å². The number of alkyl halides is 3. The Bertz CT molecular complexity index is 864. The molecule has 0 aliphatic heterocycles. The smallest absolute Gasteiger partial charge is 0.212 e. The highest BCUT2D eigenvalue weighted by Gasteiger charge is 2.35. The van der Waals surface area contributed by atoms with E-state index in [-0.39, 0.29) is 17.8 Å². The van der Waals surface area contributed by atoms with Crippen LogP contribution in [0.4, 0.5) is 22.0 Å². The molecule has 0 N–H and O–H groups in total. The molecule has 0 unspecified atom stereocenters. The third kappa shape index (κ3) is 8.05. The van der Waals surface area contributed by atoms with Gasteiger partial charge in [0.1, 0.15) is 11.6 Å². The van der Waals surface area contributed by atoms with Gasteiger partial charge in [0.05, 0.1) is 6.08 Å². The molecule has 0 bridgehead atoms. The Kier molecular flexibility index (Phi) is 10.1. The summed E-state index contributed by atoms with van der Waals surface area (Å²) in [4.78, 5) is 0. The molecule has 0 aromatic heterocycles. The summed E-state index contributed by atoms with van der Waals surface area (Å²) in [5, 5.41) is 0. The van der Waals surface area contributed by atoms with Gasteiger partial charge in [-0.25, -0.2) is 8.78 Å². The first kappa shape index (κ1) is 28.6. The number of hydrogen-bond donors (Lipinski definition) is 0. The molecule has 3 aliphatic rings. The van der Waals surface area contributed by atoms with Crippen LogP contribution >= 0.6 is 0 Å². The molecule has 5 heteroatoms. The summed E-state index contributed by atoms with van der Waals surface area (Å²) in [6, 6.07) is 6.04. The van der Waals surface area contributed by atoms with Crippen LogP contribution in [0, 0.1) is 29.5 Å². The summed E-state index contributed by atoms with van der Waals surface area (Å²) in [5.41, 5.74) is 2.03. The first-order valence-electron chi connectivity index (χ1n) is 15.0. The molecule has 0 heterocycles. The van der Waals surface area contributed by atoms with Crippen molar-refractivity contribution in [3.8, 4) is 0 Å². The average Bonchev–Trinajstić information content (AvgIpc) is 2.88. The molecular formula is C32H45F5. The molecule has 0 nitrogen and oxygen atoms in total. The maximum atomic E-state index is 15.2. The topological polar surface area (TPSA) is 0 Å². The van der Waals surface area contributed by atoms with E-state index in [2.05, 4.69) is 13.0 Å². The van der Waals surface area contributed by atoms with E-state index in [9.17, 15) is 17.6 Å². The van der Waals surface area contributed by atoms with Gasteiger partial charge in [-0.05, 0) is 124 Å². The summed E-state index contributed by atoms with van der Waals surface area (Å²) in [5.74, 6) is 0.954. The van der Waals surface area contributed by atoms with Gasteiger partial charge in [-0.2, -0.15) is 13.2 Å². The van der Waals surface area contributed by atoms with E-state index in [1.54, 1.807) is 0 Å². The van der Waals surface area contributed by atoms with Gasteiger partial charge >= 0.3 is 6.18 Å². The van der Waals surface area contributed by atoms with Crippen molar-refractivity contribution in [2.24, 2.45) is 23.7 Å². The van der Waals surface area contributed by atoms with E-state index < -0.39 is 17.9 Å². The fraction of sp³-hybridized carbons (Fsp3) is 0.750. The summed E-state index contributed by atoms with van der Waals surface area (Å²) < 4.78 is 66.6. The average molecular weight is 525 g/mol. The lowest BCUT2D eigenvalue weighted by molar-refractivity contribution is -0.0821. The van der Waals surface area contributed by atoms with E-state index >= 15 is 4.39 Å². The van der Waals surface area contributed by atoms with Crippen molar-refractivity contribution in [1.82, 2.24) is 0 Å². The normalized spacial score (nSPS) is 31.9. The van der Waals surface area contributed by atoms with Gasteiger partial charge in [-0.3, -0.25) is 0 Å². The molecule has 4 rings (SSSR count). The first-order valence-corrected chi connectivity index (χ1v) is 15.0. The van der Waals surface area contributed by atoms with Crippen LogP contribution in [-0.4, -0.2) is 6.18 Å². The van der Waals surface area contributed by atoms with E-state index in [0.29, 0.717) is 30.6 Å². The standard InChI is InChI=1S/C32H45F5/c1-2-3-4-5-22-6-8-25(9-7-22)28-18-19-29(30(33)20-28)26-14-10-23(11-15-26)24-12-16-27(17-13-24)31(34)21-32(35,36)37/h18-27H,2-17H2,1H3/b31-21-. The number of allylic oxidation sites excluding steroid dienone is 2. The van der Waals surface area contributed by atoms with Crippen LogP contribution in [0.25, 0.3) is 0 Å². The van der Waals surface area contributed by atoms with E-state index in [0.717, 1.165) is 50.0 Å². The number of hydrogen-bond acceptors (Lipinski definition) is 0. The Morgan fingerprint density at radius 3 is 1.97 bits per heavy atom. The second-order valence-corrected chi connectivity index (χ2v) is 12.3. The van der Waals surface area contributed by atoms with Gasteiger partial charge < -0.3 is 0 Å². The zero-order valence-electron chi connectivity index (χ0n) is 22.5. The molecule has 3 aliphatic carbocycles. The van der Waals surface area contributed by atoms with Gasteiger partial charge in [0.25, 0.3) is 0 Å². The molecule has 0 spiro atoms.